The molecule has 1 aromatic heterocycles. The van der Waals surface area contributed by atoms with E-state index in [1.54, 1.807) is 12.1 Å². The lowest BCUT2D eigenvalue weighted by Crippen LogP contribution is -2.28. The summed E-state index contributed by atoms with van der Waals surface area (Å²) in [5.41, 5.74) is 5.59. The van der Waals surface area contributed by atoms with Crippen LogP contribution in [-0.4, -0.2) is 30.1 Å². The SMILES string of the molecule is NC(=O)c1ccnc(OCC2CCCN2)c1. The quantitative estimate of drug-likeness (QED) is 0.767. The highest BCUT2D eigenvalue weighted by Gasteiger charge is 2.14. The van der Waals surface area contributed by atoms with Gasteiger partial charge in [0.05, 0.1) is 0 Å². The summed E-state index contributed by atoms with van der Waals surface area (Å²) in [5, 5.41) is 3.32. The normalized spacial score (nSPS) is 19.6. The average Bonchev–Trinajstić information content (AvgIpc) is 2.79. The van der Waals surface area contributed by atoms with Gasteiger partial charge in [0.2, 0.25) is 11.8 Å². The van der Waals surface area contributed by atoms with Crippen molar-refractivity contribution < 1.29 is 9.53 Å². The molecule has 16 heavy (non-hydrogen) atoms. The van der Waals surface area contributed by atoms with E-state index in [1.165, 1.54) is 12.6 Å². The summed E-state index contributed by atoms with van der Waals surface area (Å²) >= 11 is 0. The predicted molar refractivity (Wildman–Crippen MR) is 59.3 cm³/mol. The number of pyridine rings is 1. The monoisotopic (exact) mass is 221 g/mol. The summed E-state index contributed by atoms with van der Waals surface area (Å²) in [5.74, 6) is -0.0174. The largest absolute Gasteiger partial charge is 0.476 e. The van der Waals surface area contributed by atoms with Crippen LogP contribution in [0.15, 0.2) is 18.3 Å². The van der Waals surface area contributed by atoms with Crippen LogP contribution in [-0.2, 0) is 0 Å². The molecule has 3 N–H and O–H groups in total. The molecular formula is C11H15N3O2. The van der Waals surface area contributed by atoms with Gasteiger partial charge in [-0.3, -0.25) is 4.79 Å². The maximum atomic E-state index is 10.9. The first-order valence-corrected chi connectivity index (χ1v) is 5.38. The molecule has 0 saturated carbocycles. The molecule has 1 unspecified atom stereocenters. The molecule has 1 fully saturated rings. The van der Waals surface area contributed by atoms with E-state index in [0.717, 1.165) is 13.0 Å². The van der Waals surface area contributed by atoms with E-state index in [9.17, 15) is 4.79 Å². The average molecular weight is 221 g/mol. The van der Waals surface area contributed by atoms with Crippen LogP contribution >= 0.6 is 0 Å². The zero-order chi connectivity index (χ0) is 11.4. The maximum absolute atomic E-state index is 10.9. The summed E-state index contributed by atoms with van der Waals surface area (Å²) in [6, 6.07) is 3.53. The minimum absolute atomic E-state index is 0.388. The standard InChI is InChI=1S/C11H15N3O2/c12-11(15)8-3-5-14-10(6-8)16-7-9-2-1-4-13-9/h3,5-6,9,13H,1-2,4,7H2,(H2,12,15). The Labute approximate surface area is 94.0 Å². The Hall–Kier alpha value is -1.62. The fraction of sp³-hybridized carbons (Fsp3) is 0.455. The minimum Gasteiger partial charge on any atom is -0.476 e. The van der Waals surface area contributed by atoms with Gasteiger partial charge in [0.1, 0.15) is 6.61 Å². The van der Waals surface area contributed by atoms with Gasteiger partial charge in [-0.05, 0) is 25.5 Å². The number of carbonyl (C=O) groups is 1. The van der Waals surface area contributed by atoms with Gasteiger partial charge in [-0.2, -0.15) is 0 Å². The molecule has 1 saturated heterocycles. The van der Waals surface area contributed by atoms with E-state index >= 15 is 0 Å². The van der Waals surface area contributed by atoms with E-state index in [0.29, 0.717) is 24.1 Å². The molecule has 2 heterocycles. The third-order valence-electron chi connectivity index (χ3n) is 2.61. The van der Waals surface area contributed by atoms with Crippen LogP contribution in [0.4, 0.5) is 0 Å². The van der Waals surface area contributed by atoms with Crippen LogP contribution in [0.3, 0.4) is 0 Å². The van der Waals surface area contributed by atoms with Crippen LogP contribution < -0.4 is 15.8 Å². The van der Waals surface area contributed by atoms with Crippen molar-refractivity contribution in [3.8, 4) is 5.88 Å². The fourth-order valence-electron chi connectivity index (χ4n) is 1.73. The van der Waals surface area contributed by atoms with Crippen molar-refractivity contribution in [1.29, 1.82) is 0 Å². The zero-order valence-corrected chi connectivity index (χ0v) is 8.98. The number of aromatic nitrogens is 1. The third kappa shape index (κ3) is 2.70. The first-order valence-electron chi connectivity index (χ1n) is 5.38. The summed E-state index contributed by atoms with van der Waals surface area (Å²) in [7, 11) is 0. The number of rotatable bonds is 4. The van der Waals surface area contributed by atoms with E-state index in [-0.39, 0.29) is 0 Å². The van der Waals surface area contributed by atoms with Crippen LogP contribution in [0, 0.1) is 0 Å². The second kappa shape index (κ2) is 4.94. The number of nitrogens with zero attached hydrogens (tertiary/aromatic N) is 1. The van der Waals surface area contributed by atoms with Crippen LogP contribution in [0.1, 0.15) is 23.2 Å². The molecular weight excluding hydrogens is 206 g/mol. The van der Waals surface area contributed by atoms with Gasteiger partial charge in [-0.1, -0.05) is 0 Å². The number of amides is 1. The Morgan fingerprint density at radius 1 is 1.69 bits per heavy atom. The number of hydrogen-bond acceptors (Lipinski definition) is 4. The Morgan fingerprint density at radius 3 is 3.25 bits per heavy atom. The highest BCUT2D eigenvalue weighted by molar-refractivity contribution is 5.92. The highest BCUT2D eigenvalue weighted by atomic mass is 16.5. The molecule has 0 bridgehead atoms. The maximum Gasteiger partial charge on any atom is 0.248 e. The molecule has 86 valence electrons. The number of hydrogen-bond donors (Lipinski definition) is 2. The third-order valence-corrected chi connectivity index (χ3v) is 2.61. The summed E-state index contributed by atoms with van der Waals surface area (Å²) in [6.45, 7) is 1.62. The van der Waals surface area contributed by atoms with Crippen molar-refractivity contribution in [2.45, 2.75) is 18.9 Å². The summed E-state index contributed by atoms with van der Waals surface area (Å²) in [4.78, 5) is 15.0. The Bertz CT molecular complexity index is 375. The second-order valence-corrected chi connectivity index (χ2v) is 3.85. The van der Waals surface area contributed by atoms with Crippen molar-refractivity contribution >= 4 is 5.91 Å². The van der Waals surface area contributed by atoms with Gasteiger partial charge < -0.3 is 15.8 Å². The Kier molecular flexibility index (Phi) is 3.36. The first-order chi connectivity index (χ1) is 7.75. The Balaban J connectivity index is 1.93. The highest BCUT2D eigenvalue weighted by Crippen LogP contribution is 2.11. The number of primary amides is 1. The van der Waals surface area contributed by atoms with E-state index in [4.69, 9.17) is 10.5 Å². The van der Waals surface area contributed by atoms with Gasteiger partial charge in [0, 0.05) is 23.9 Å². The predicted octanol–water partition coefficient (Wildman–Crippen LogP) is 0.311. The molecule has 1 atom stereocenters. The van der Waals surface area contributed by atoms with Gasteiger partial charge in [0.25, 0.3) is 0 Å². The molecule has 1 amide bonds. The van der Waals surface area contributed by atoms with E-state index in [2.05, 4.69) is 10.3 Å². The van der Waals surface area contributed by atoms with Crippen molar-refractivity contribution in [3.05, 3.63) is 23.9 Å². The lowest BCUT2D eigenvalue weighted by molar-refractivity contribution is 0.0999. The molecule has 0 aliphatic carbocycles. The van der Waals surface area contributed by atoms with Gasteiger partial charge >= 0.3 is 0 Å². The molecule has 0 radical (unpaired) electrons. The van der Waals surface area contributed by atoms with Gasteiger partial charge in [-0.15, -0.1) is 0 Å². The molecule has 5 nitrogen and oxygen atoms in total. The molecule has 1 aliphatic heterocycles. The number of carbonyl (C=O) groups excluding carboxylic acids is 1. The summed E-state index contributed by atoms with van der Waals surface area (Å²) < 4.78 is 5.50. The minimum atomic E-state index is -0.466. The van der Waals surface area contributed by atoms with Crippen LogP contribution in [0.2, 0.25) is 0 Å². The molecule has 1 aliphatic rings. The smallest absolute Gasteiger partial charge is 0.248 e. The molecule has 5 heteroatoms. The van der Waals surface area contributed by atoms with Gasteiger partial charge in [-0.25, -0.2) is 4.98 Å². The number of nitrogens with one attached hydrogen (secondary N) is 1. The van der Waals surface area contributed by atoms with E-state index in [1.807, 2.05) is 0 Å². The second-order valence-electron chi connectivity index (χ2n) is 3.85. The zero-order valence-electron chi connectivity index (χ0n) is 8.98. The van der Waals surface area contributed by atoms with Crippen LogP contribution in [0.5, 0.6) is 5.88 Å². The lowest BCUT2D eigenvalue weighted by atomic mass is 10.2. The van der Waals surface area contributed by atoms with Crippen molar-refractivity contribution in [2.24, 2.45) is 5.73 Å². The van der Waals surface area contributed by atoms with Crippen LogP contribution in [0.25, 0.3) is 0 Å². The summed E-state index contributed by atoms with van der Waals surface area (Å²) in [6.07, 6.45) is 3.83. The molecule has 2 rings (SSSR count). The lowest BCUT2D eigenvalue weighted by Gasteiger charge is -2.11. The van der Waals surface area contributed by atoms with E-state index < -0.39 is 5.91 Å². The topological polar surface area (TPSA) is 77.2 Å². The Morgan fingerprint density at radius 2 is 2.56 bits per heavy atom. The molecule has 1 aromatic rings. The molecule has 0 aromatic carbocycles. The first kappa shape index (κ1) is 10.9. The van der Waals surface area contributed by atoms with Crippen molar-refractivity contribution in [2.75, 3.05) is 13.2 Å². The fourth-order valence-corrected chi connectivity index (χ4v) is 1.73. The molecule has 0 spiro atoms. The van der Waals surface area contributed by atoms with Crippen molar-refractivity contribution in [3.63, 3.8) is 0 Å². The number of ether oxygens (including phenoxy) is 1. The van der Waals surface area contributed by atoms with Gasteiger partial charge in [0.15, 0.2) is 0 Å². The number of nitrogens with two attached hydrogens (primary N) is 1. The van der Waals surface area contributed by atoms with Crippen molar-refractivity contribution in [1.82, 2.24) is 10.3 Å².